The highest BCUT2D eigenvalue weighted by Gasteiger charge is 2.21. The molecule has 1 N–H and O–H groups in total. The molecule has 0 heterocycles. The summed E-state index contributed by atoms with van der Waals surface area (Å²) in [5, 5.41) is 9.65. The highest BCUT2D eigenvalue weighted by Crippen LogP contribution is 2.19. The molecule has 2 aromatic carbocycles. The molecule has 0 aliphatic rings. The van der Waals surface area contributed by atoms with Gasteiger partial charge in [-0.15, -0.1) is 0 Å². The van der Waals surface area contributed by atoms with Crippen LogP contribution in [0.15, 0.2) is 36.4 Å². The zero-order valence-corrected chi connectivity index (χ0v) is 13.7. The quantitative estimate of drug-likeness (QED) is 0.690. The van der Waals surface area contributed by atoms with E-state index in [4.69, 9.17) is 4.74 Å². The van der Waals surface area contributed by atoms with Crippen LogP contribution in [-0.2, 0) is 4.74 Å². The Hall–Kier alpha value is -2.62. The third-order valence-electron chi connectivity index (χ3n) is 3.89. The Bertz CT molecular complexity index is 762. The number of benzene rings is 2. The van der Waals surface area contributed by atoms with E-state index in [-0.39, 0.29) is 17.1 Å². The number of aryl methyl sites for hydroxylation is 3. The molecule has 0 aliphatic heterocycles. The van der Waals surface area contributed by atoms with E-state index in [1.807, 2.05) is 19.9 Å². The van der Waals surface area contributed by atoms with Gasteiger partial charge in [0, 0.05) is 5.56 Å². The summed E-state index contributed by atoms with van der Waals surface area (Å²) in [6, 6.07) is 9.92. The third-order valence-corrected chi connectivity index (χ3v) is 3.89. The molecule has 0 bridgehead atoms. The SMILES string of the molecule is Cc1ccc(C(=O)C(C)OC(=O)c2ccc(C)c(O)c2)cc1C. The van der Waals surface area contributed by atoms with Gasteiger partial charge in [0.2, 0.25) is 5.78 Å². The van der Waals surface area contributed by atoms with E-state index in [0.29, 0.717) is 11.1 Å². The maximum Gasteiger partial charge on any atom is 0.338 e. The van der Waals surface area contributed by atoms with Crippen LogP contribution in [0.4, 0.5) is 0 Å². The van der Waals surface area contributed by atoms with Crippen LogP contribution in [0.2, 0.25) is 0 Å². The first-order valence-electron chi connectivity index (χ1n) is 7.41. The standard InChI is InChI=1S/C19H20O4/c1-11-5-7-15(9-13(11)3)18(21)14(4)23-19(22)16-8-6-12(2)17(20)10-16/h5-10,14,20H,1-4H3. The molecule has 0 saturated heterocycles. The van der Waals surface area contributed by atoms with Crippen LogP contribution in [-0.4, -0.2) is 23.0 Å². The van der Waals surface area contributed by atoms with E-state index in [0.717, 1.165) is 11.1 Å². The van der Waals surface area contributed by atoms with Crippen molar-refractivity contribution in [3.63, 3.8) is 0 Å². The van der Waals surface area contributed by atoms with Crippen molar-refractivity contribution in [1.82, 2.24) is 0 Å². The van der Waals surface area contributed by atoms with Crippen molar-refractivity contribution < 1.29 is 19.4 Å². The van der Waals surface area contributed by atoms with Crippen LogP contribution in [0, 0.1) is 20.8 Å². The first-order chi connectivity index (χ1) is 10.8. The van der Waals surface area contributed by atoms with Crippen LogP contribution >= 0.6 is 0 Å². The molecule has 0 fully saturated rings. The van der Waals surface area contributed by atoms with Gasteiger partial charge in [-0.25, -0.2) is 4.79 Å². The van der Waals surface area contributed by atoms with Gasteiger partial charge in [0.15, 0.2) is 6.10 Å². The van der Waals surface area contributed by atoms with Gasteiger partial charge in [0.05, 0.1) is 5.56 Å². The van der Waals surface area contributed by atoms with Crippen LogP contribution in [0.3, 0.4) is 0 Å². The van der Waals surface area contributed by atoms with Crippen molar-refractivity contribution in [2.24, 2.45) is 0 Å². The van der Waals surface area contributed by atoms with Gasteiger partial charge in [0.1, 0.15) is 5.75 Å². The lowest BCUT2D eigenvalue weighted by Gasteiger charge is -2.13. The molecule has 0 spiro atoms. The molecule has 23 heavy (non-hydrogen) atoms. The summed E-state index contributed by atoms with van der Waals surface area (Å²) < 4.78 is 5.22. The molecule has 4 nitrogen and oxygen atoms in total. The van der Waals surface area contributed by atoms with Gasteiger partial charge in [-0.05, 0) is 62.6 Å². The highest BCUT2D eigenvalue weighted by atomic mass is 16.5. The van der Waals surface area contributed by atoms with E-state index in [9.17, 15) is 14.7 Å². The summed E-state index contributed by atoms with van der Waals surface area (Å²) in [6.07, 6.45) is -0.895. The molecule has 0 radical (unpaired) electrons. The monoisotopic (exact) mass is 312 g/mol. The van der Waals surface area contributed by atoms with Gasteiger partial charge in [-0.1, -0.05) is 18.2 Å². The third kappa shape index (κ3) is 3.77. The van der Waals surface area contributed by atoms with Crippen LogP contribution in [0.5, 0.6) is 5.75 Å². The number of phenols is 1. The Kier molecular flexibility index (Phi) is 4.84. The molecular weight excluding hydrogens is 292 g/mol. The number of ketones is 1. The number of carbonyl (C=O) groups excluding carboxylic acids is 2. The summed E-state index contributed by atoms with van der Waals surface area (Å²) in [7, 11) is 0. The second-order valence-electron chi connectivity index (χ2n) is 5.71. The molecule has 0 amide bonds. The van der Waals surface area contributed by atoms with E-state index in [2.05, 4.69) is 0 Å². The Balaban J connectivity index is 2.12. The summed E-state index contributed by atoms with van der Waals surface area (Å²) in [6.45, 7) is 7.18. The molecule has 120 valence electrons. The van der Waals surface area contributed by atoms with Crippen molar-refractivity contribution in [3.8, 4) is 5.75 Å². The molecule has 2 aromatic rings. The fourth-order valence-corrected chi connectivity index (χ4v) is 2.15. The first-order valence-corrected chi connectivity index (χ1v) is 7.41. The van der Waals surface area contributed by atoms with Gasteiger partial charge in [0.25, 0.3) is 0 Å². The van der Waals surface area contributed by atoms with Gasteiger partial charge < -0.3 is 9.84 Å². The highest BCUT2D eigenvalue weighted by molar-refractivity contribution is 6.01. The number of rotatable bonds is 4. The topological polar surface area (TPSA) is 63.6 Å². The fraction of sp³-hybridized carbons (Fsp3) is 0.263. The smallest absolute Gasteiger partial charge is 0.338 e. The predicted octanol–water partition coefficient (Wildman–Crippen LogP) is 3.75. The van der Waals surface area contributed by atoms with E-state index < -0.39 is 12.1 Å². The number of carbonyl (C=O) groups is 2. The van der Waals surface area contributed by atoms with Gasteiger partial charge >= 0.3 is 5.97 Å². The molecule has 2 rings (SSSR count). The largest absolute Gasteiger partial charge is 0.508 e. The minimum absolute atomic E-state index is 0.0209. The summed E-state index contributed by atoms with van der Waals surface area (Å²) in [4.78, 5) is 24.5. The lowest BCUT2D eigenvalue weighted by molar-refractivity contribution is 0.0318. The predicted molar refractivity (Wildman–Crippen MR) is 88.0 cm³/mol. The lowest BCUT2D eigenvalue weighted by Crippen LogP contribution is -2.24. The van der Waals surface area contributed by atoms with E-state index in [1.165, 1.54) is 6.07 Å². The number of esters is 1. The summed E-state index contributed by atoms with van der Waals surface area (Å²) in [5.74, 6) is -0.865. The Labute approximate surface area is 135 Å². The molecule has 4 heteroatoms. The minimum atomic E-state index is -0.895. The van der Waals surface area contributed by atoms with E-state index >= 15 is 0 Å². The van der Waals surface area contributed by atoms with E-state index in [1.54, 1.807) is 38.1 Å². The normalized spacial score (nSPS) is 11.8. The van der Waals surface area contributed by atoms with Crippen LogP contribution < -0.4 is 0 Å². The molecular formula is C19H20O4. The average Bonchev–Trinajstić information content (AvgIpc) is 2.51. The molecule has 0 saturated carbocycles. The summed E-state index contributed by atoms with van der Waals surface area (Å²) in [5.41, 5.74) is 3.51. The Morgan fingerprint density at radius 1 is 0.913 bits per heavy atom. The van der Waals surface area contributed by atoms with Crippen LogP contribution in [0.25, 0.3) is 0 Å². The fourth-order valence-electron chi connectivity index (χ4n) is 2.15. The number of hydrogen-bond acceptors (Lipinski definition) is 4. The molecule has 1 unspecified atom stereocenters. The second-order valence-corrected chi connectivity index (χ2v) is 5.71. The average molecular weight is 312 g/mol. The van der Waals surface area contributed by atoms with Gasteiger partial charge in [-0.2, -0.15) is 0 Å². The lowest BCUT2D eigenvalue weighted by atomic mass is 10.0. The van der Waals surface area contributed by atoms with Crippen molar-refractivity contribution in [2.75, 3.05) is 0 Å². The number of hydrogen-bond donors (Lipinski definition) is 1. The first kappa shape index (κ1) is 16.7. The van der Waals surface area contributed by atoms with Crippen molar-refractivity contribution in [3.05, 3.63) is 64.2 Å². The zero-order valence-electron chi connectivity index (χ0n) is 13.7. The minimum Gasteiger partial charge on any atom is -0.508 e. The number of aromatic hydroxyl groups is 1. The molecule has 1 atom stereocenters. The maximum atomic E-state index is 12.4. The zero-order chi connectivity index (χ0) is 17.1. The Morgan fingerprint density at radius 3 is 2.13 bits per heavy atom. The van der Waals surface area contributed by atoms with Crippen molar-refractivity contribution in [2.45, 2.75) is 33.8 Å². The van der Waals surface area contributed by atoms with Crippen molar-refractivity contribution >= 4 is 11.8 Å². The van der Waals surface area contributed by atoms with Crippen LogP contribution in [0.1, 0.15) is 44.3 Å². The van der Waals surface area contributed by atoms with Gasteiger partial charge in [-0.3, -0.25) is 4.79 Å². The molecule has 0 aromatic heterocycles. The second kappa shape index (κ2) is 6.65. The van der Waals surface area contributed by atoms with Crippen molar-refractivity contribution in [1.29, 1.82) is 0 Å². The number of ether oxygens (including phenoxy) is 1. The number of phenolic OH excluding ortho intramolecular Hbond substituents is 1. The molecule has 0 aliphatic carbocycles. The maximum absolute atomic E-state index is 12.4. The Morgan fingerprint density at radius 2 is 1.52 bits per heavy atom. The number of Topliss-reactive ketones (excluding diaryl/α,β-unsaturated/α-hetero) is 1. The summed E-state index contributed by atoms with van der Waals surface area (Å²) >= 11 is 0.